The highest BCUT2D eigenvalue weighted by atomic mass is 32.2. The summed E-state index contributed by atoms with van der Waals surface area (Å²) in [6, 6.07) is 0. The van der Waals surface area contributed by atoms with Gasteiger partial charge in [-0.05, 0) is 27.7 Å². The number of hydrogen-bond acceptors (Lipinski definition) is 4. The topological polar surface area (TPSA) is 77.2 Å². The molecule has 0 heterocycles. The van der Waals surface area contributed by atoms with Crippen molar-refractivity contribution in [2.45, 2.75) is 58.8 Å². The van der Waals surface area contributed by atoms with Crippen LogP contribution in [0.15, 0.2) is 0 Å². The monoisotopic (exact) mass is 263 g/mol. The van der Waals surface area contributed by atoms with Gasteiger partial charge in [-0.3, -0.25) is 4.79 Å². The van der Waals surface area contributed by atoms with Crippen LogP contribution >= 0.6 is 0 Å². The van der Waals surface area contributed by atoms with Crippen molar-refractivity contribution in [1.29, 1.82) is 0 Å². The van der Waals surface area contributed by atoms with Gasteiger partial charge in [-0.2, -0.15) is 0 Å². The minimum Gasteiger partial charge on any atom is -0.325 e. The van der Waals surface area contributed by atoms with Crippen molar-refractivity contribution in [3.8, 4) is 0 Å². The number of sulfone groups is 1. The summed E-state index contributed by atoms with van der Waals surface area (Å²) in [5.74, 6) is -0.197. The minimum atomic E-state index is -3.16. The maximum absolute atomic E-state index is 12.0. The van der Waals surface area contributed by atoms with Gasteiger partial charge in [-0.1, -0.05) is 13.8 Å². The first-order chi connectivity index (χ1) is 7.32. The van der Waals surface area contributed by atoms with Crippen LogP contribution in [0.1, 0.15) is 48.0 Å². The molecule has 102 valence electrons. The number of carbonyl (C=O) groups is 1. The summed E-state index contributed by atoms with van der Waals surface area (Å²) in [7, 11) is -3.16. The molecule has 0 atom stereocenters. The van der Waals surface area contributed by atoms with Crippen molar-refractivity contribution < 1.29 is 13.2 Å². The summed E-state index contributed by atoms with van der Waals surface area (Å²) < 4.78 is 23.3. The van der Waals surface area contributed by atoms with E-state index in [1.54, 1.807) is 41.5 Å². The van der Waals surface area contributed by atoms with E-state index in [0.29, 0.717) is 0 Å². The SMILES string of the molecule is CC(C)S(=O)(=O)CCC(=O)C(C)(C)C(C)(C)N. The van der Waals surface area contributed by atoms with Gasteiger partial charge in [0.25, 0.3) is 0 Å². The molecule has 0 aliphatic heterocycles. The molecule has 0 unspecified atom stereocenters. The molecule has 2 N–H and O–H groups in total. The van der Waals surface area contributed by atoms with Crippen molar-refractivity contribution in [1.82, 2.24) is 0 Å². The van der Waals surface area contributed by atoms with E-state index in [4.69, 9.17) is 5.73 Å². The van der Waals surface area contributed by atoms with Gasteiger partial charge in [0.15, 0.2) is 9.84 Å². The lowest BCUT2D eigenvalue weighted by molar-refractivity contribution is -0.129. The van der Waals surface area contributed by atoms with Gasteiger partial charge in [0, 0.05) is 17.4 Å². The standard InChI is InChI=1S/C12H25NO3S/c1-9(2)17(15,16)8-7-10(14)11(3,4)12(5,6)13/h9H,7-8,13H2,1-6H3. The lowest BCUT2D eigenvalue weighted by Gasteiger charge is -2.37. The van der Waals surface area contributed by atoms with Crippen molar-refractivity contribution in [3.05, 3.63) is 0 Å². The molecule has 0 aliphatic rings. The van der Waals surface area contributed by atoms with E-state index in [0.717, 1.165) is 0 Å². The highest BCUT2D eigenvalue weighted by Crippen LogP contribution is 2.30. The first-order valence-corrected chi connectivity index (χ1v) is 7.57. The lowest BCUT2D eigenvalue weighted by atomic mass is 9.71. The highest BCUT2D eigenvalue weighted by Gasteiger charge is 2.40. The maximum atomic E-state index is 12.0. The quantitative estimate of drug-likeness (QED) is 0.788. The van der Waals surface area contributed by atoms with Gasteiger partial charge < -0.3 is 5.73 Å². The average molecular weight is 263 g/mol. The number of Topliss-reactive ketones (excluding diaryl/α,β-unsaturated/α-hetero) is 1. The van der Waals surface area contributed by atoms with Gasteiger partial charge in [0.05, 0.1) is 11.0 Å². The molecule has 0 radical (unpaired) electrons. The zero-order valence-electron chi connectivity index (χ0n) is 11.7. The molecule has 0 spiro atoms. The first kappa shape index (κ1) is 16.6. The summed E-state index contributed by atoms with van der Waals surface area (Å²) in [6.45, 7) is 10.3. The Labute approximate surface area is 105 Å². The molecule has 0 aliphatic carbocycles. The summed E-state index contributed by atoms with van der Waals surface area (Å²) in [6.07, 6.45) is 0.0359. The molecule has 0 aromatic rings. The smallest absolute Gasteiger partial charge is 0.153 e. The van der Waals surface area contributed by atoms with Gasteiger partial charge in [0.1, 0.15) is 5.78 Å². The Morgan fingerprint density at radius 3 is 1.88 bits per heavy atom. The lowest BCUT2D eigenvalue weighted by Crippen LogP contribution is -2.52. The van der Waals surface area contributed by atoms with Crippen LogP contribution in [-0.2, 0) is 14.6 Å². The Morgan fingerprint density at radius 2 is 1.59 bits per heavy atom. The molecule has 0 aromatic carbocycles. The molecule has 0 amide bonds. The Bertz CT molecular complexity index is 375. The van der Waals surface area contributed by atoms with Crippen molar-refractivity contribution in [2.75, 3.05) is 5.75 Å². The number of nitrogens with two attached hydrogens (primary N) is 1. The van der Waals surface area contributed by atoms with Crippen LogP contribution in [0.3, 0.4) is 0 Å². The van der Waals surface area contributed by atoms with Crippen molar-refractivity contribution >= 4 is 15.6 Å². The molecule has 4 nitrogen and oxygen atoms in total. The van der Waals surface area contributed by atoms with Crippen molar-refractivity contribution in [2.24, 2.45) is 11.1 Å². The fourth-order valence-corrected chi connectivity index (χ4v) is 2.08. The zero-order valence-corrected chi connectivity index (χ0v) is 12.5. The van der Waals surface area contributed by atoms with Crippen molar-refractivity contribution in [3.63, 3.8) is 0 Å². The Balaban J connectivity index is 4.71. The van der Waals surface area contributed by atoms with Gasteiger partial charge in [0.2, 0.25) is 0 Å². The van der Waals surface area contributed by atoms with Gasteiger partial charge in [-0.25, -0.2) is 8.42 Å². The van der Waals surface area contributed by atoms with E-state index in [2.05, 4.69) is 0 Å². The number of ketones is 1. The Kier molecular flexibility index (Phi) is 4.94. The third-order valence-corrected chi connectivity index (χ3v) is 5.85. The number of hydrogen-bond donors (Lipinski definition) is 1. The fourth-order valence-electron chi connectivity index (χ4n) is 1.14. The van der Waals surface area contributed by atoms with Gasteiger partial charge >= 0.3 is 0 Å². The predicted molar refractivity (Wildman–Crippen MR) is 70.6 cm³/mol. The van der Waals surface area contributed by atoms with Crippen LogP contribution in [0.2, 0.25) is 0 Å². The molecule has 0 rings (SSSR count). The van der Waals surface area contributed by atoms with Gasteiger partial charge in [-0.15, -0.1) is 0 Å². The second-order valence-corrected chi connectivity index (χ2v) is 8.61. The summed E-state index contributed by atoms with van der Waals surface area (Å²) in [4.78, 5) is 12.0. The Morgan fingerprint density at radius 1 is 1.18 bits per heavy atom. The van der Waals surface area contributed by atoms with E-state index >= 15 is 0 Å². The normalized spacial score (nSPS) is 14.1. The molecule has 0 saturated heterocycles. The molecular formula is C12H25NO3S. The zero-order chi connectivity index (χ0) is 14.1. The first-order valence-electron chi connectivity index (χ1n) is 5.86. The minimum absolute atomic E-state index is 0.0359. The third kappa shape index (κ3) is 4.07. The molecule has 0 fully saturated rings. The third-order valence-electron chi connectivity index (χ3n) is 3.64. The predicted octanol–water partition coefficient (Wildman–Crippen LogP) is 1.53. The van der Waals surface area contributed by atoms with Crippen LogP contribution in [0, 0.1) is 5.41 Å². The van der Waals surface area contributed by atoms with Crippen LogP contribution in [0.25, 0.3) is 0 Å². The van der Waals surface area contributed by atoms with Crippen LogP contribution in [0.5, 0.6) is 0 Å². The molecule has 5 heteroatoms. The molecule has 0 bridgehead atoms. The van der Waals surface area contributed by atoms with E-state index in [1.165, 1.54) is 0 Å². The molecule has 17 heavy (non-hydrogen) atoms. The van der Waals surface area contributed by atoms with E-state index in [9.17, 15) is 13.2 Å². The highest BCUT2D eigenvalue weighted by molar-refractivity contribution is 7.91. The Hall–Kier alpha value is -0.420. The molecule has 0 aromatic heterocycles. The fraction of sp³-hybridized carbons (Fsp3) is 0.917. The molecule has 0 saturated carbocycles. The number of carbonyl (C=O) groups excluding carboxylic acids is 1. The van der Waals surface area contributed by atoms with E-state index < -0.39 is 26.0 Å². The molecular weight excluding hydrogens is 238 g/mol. The van der Waals surface area contributed by atoms with Crippen LogP contribution in [0.4, 0.5) is 0 Å². The second-order valence-electron chi connectivity index (χ2n) is 5.94. The number of rotatable bonds is 6. The van der Waals surface area contributed by atoms with Crippen LogP contribution in [-0.4, -0.2) is 30.7 Å². The average Bonchev–Trinajstić information content (AvgIpc) is 2.12. The summed E-state index contributed by atoms with van der Waals surface area (Å²) in [5.41, 5.74) is 4.56. The second kappa shape index (κ2) is 5.06. The summed E-state index contributed by atoms with van der Waals surface area (Å²) in [5, 5.41) is -0.440. The largest absolute Gasteiger partial charge is 0.325 e. The maximum Gasteiger partial charge on any atom is 0.153 e. The van der Waals surface area contributed by atoms with Crippen LogP contribution < -0.4 is 5.73 Å². The van der Waals surface area contributed by atoms with E-state index in [1.807, 2.05) is 0 Å². The van der Waals surface area contributed by atoms with E-state index in [-0.39, 0.29) is 18.0 Å². The summed E-state index contributed by atoms with van der Waals surface area (Å²) >= 11 is 0.